The van der Waals surface area contributed by atoms with Gasteiger partial charge in [0, 0.05) is 27.1 Å². The van der Waals surface area contributed by atoms with Gasteiger partial charge in [0.2, 0.25) is 5.95 Å². The zero-order valence-corrected chi connectivity index (χ0v) is 25.6. The van der Waals surface area contributed by atoms with Gasteiger partial charge in [-0.25, -0.2) is 9.97 Å². The van der Waals surface area contributed by atoms with Gasteiger partial charge in [0.15, 0.2) is 0 Å². The van der Waals surface area contributed by atoms with Crippen LogP contribution in [0.4, 0.5) is 0 Å². The summed E-state index contributed by atoms with van der Waals surface area (Å²) in [7, 11) is 0. The second kappa shape index (κ2) is 9.12. The minimum Gasteiger partial charge on any atom is -0.278 e. The lowest BCUT2D eigenvalue weighted by Gasteiger charge is -2.22. The van der Waals surface area contributed by atoms with Gasteiger partial charge in [0.1, 0.15) is 0 Å². The molecule has 0 bridgehead atoms. The molecule has 1 aliphatic rings. The lowest BCUT2D eigenvalue weighted by Crippen LogP contribution is -2.14. The minimum atomic E-state index is -0.0500. The van der Waals surface area contributed by atoms with Crippen molar-refractivity contribution in [2.75, 3.05) is 0 Å². The summed E-state index contributed by atoms with van der Waals surface area (Å²) < 4.78 is 2.24. The number of hydrogen-bond donors (Lipinski definition) is 0. The summed E-state index contributed by atoms with van der Waals surface area (Å²) in [6.07, 6.45) is 0. The zero-order chi connectivity index (χ0) is 30.6. The van der Waals surface area contributed by atoms with Crippen molar-refractivity contribution in [3.05, 3.63) is 151 Å². The van der Waals surface area contributed by atoms with Crippen molar-refractivity contribution in [2.24, 2.45) is 0 Å². The molecule has 10 rings (SSSR count). The summed E-state index contributed by atoms with van der Waals surface area (Å²) in [6, 6.07) is 50.4. The van der Waals surface area contributed by atoms with Crippen molar-refractivity contribution in [1.29, 1.82) is 0 Å². The molecule has 0 N–H and O–H groups in total. The highest BCUT2D eigenvalue weighted by molar-refractivity contribution is 6.14. The van der Waals surface area contributed by atoms with Crippen LogP contribution in [-0.4, -0.2) is 14.5 Å². The van der Waals surface area contributed by atoms with Crippen LogP contribution in [0.3, 0.4) is 0 Å². The highest BCUT2D eigenvalue weighted by Gasteiger charge is 2.35. The number of rotatable bonds is 2. The molecule has 7 aromatic carbocycles. The van der Waals surface area contributed by atoms with E-state index in [0.717, 1.165) is 33.2 Å². The van der Waals surface area contributed by atoms with Gasteiger partial charge in [-0.3, -0.25) is 4.57 Å². The molecule has 46 heavy (non-hydrogen) atoms. The SMILES string of the molecule is CC1(C)c2ccccc2-c2cc3c(-c4nc(-n5c6ccccc6c6cc7ccccc7cc65)nc5ccccc45)cccc3cc21. The summed E-state index contributed by atoms with van der Waals surface area (Å²) in [6.45, 7) is 4.68. The maximum absolute atomic E-state index is 5.46. The Bertz CT molecular complexity index is 2730. The first-order valence-corrected chi connectivity index (χ1v) is 15.9. The number of aromatic nitrogens is 3. The monoisotopic (exact) mass is 587 g/mol. The molecule has 2 aromatic heterocycles. The van der Waals surface area contributed by atoms with E-state index in [2.05, 4.69) is 158 Å². The first kappa shape index (κ1) is 25.5. The summed E-state index contributed by atoms with van der Waals surface area (Å²) in [5.41, 5.74) is 10.6. The van der Waals surface area contributed by atoms with Gasteiger partial charge in [0.25, 0.3) is 0 Å². The third-order valence-corrected chi connectivity index (χ3v) is 10.2. The molecule has 0 spiro atoms. The van der Waals surface area contributed by atoms with Gasteiger partial charge in [0.05, 0.1) is 22.2 Å². The van der Waals surface area contributed by atoms with Crippen molar-refractivity contribution in [1.82, 2.24) is 14.5 Å². The molecule has 3 nitrogen and oxygen atoms in total. The van der Waals surface area contributed by atoms with Crippen molar-refractivity contribution in [2.45, 2.75) is 19.3 Å². The van der Waals surface area contributed by atoms with Crippen molar-refractivity contribution < 1.29 is 0 Å². The average molecular weight is 588 g/mol. The molecular weight excluding hydrogens is 558 g/mol. The highest BCUT2D eigenvalue weighted by Crippen LogP contribution is 2.50. The van der Waals surface area contributed by atoms with Crippen LogP contribution in [0.5, 0.6) is 0 Å². The molecule has 0 amide bonds. The number of nitrogens with zero attached hydrogens (tertiary/aromatic N) is 3. The quantitative estimate of drug-likeness (QED) is 0.201. The van der Waals surface area contributed by atoms with E-state index in [-0.39, 0.29) is 5.41 Å². The first-order chi connectivity index (χ1) is 22.6. The van der Waals surface area contributed by atoms with Gasteiger partial charge in [-0.05, 0) is 80.2 Å². The van der Waals surface area contributed by atoms with Crippen LogP contribution in [0.2, 0.25) is 0 Å². The van der Waals surface area contributed by atoms with Crippen molar-refractivity contribution in [3.8, 4) is 28.3 Å². The van der Waals surface area contributed by atoms with Crippen LogP contribution >= 0.6 is 0 Å². The maximum Gasteiger partial charge on any atom is 0.235 e. The van der Waals surface area contributed by atoms with Crippen LogP contribution in [0, 0.1) is 0 Å². The van der Waals surface area contributed by atoms with Gasteiger partial charge < -0.3 is 0 Å². The van der Waals surface area contributed by atoms with E-state index in [1.165, 1.54) is 54.6 Å². The van der Waals surface area contributed by atoms with Crippen LogP contribution in [-0.2, 0) is 5.41 Å². The smallest absolute Gasteiger partial charge is 0.235 e. The molecule has 216 valence electrons. The number of para-hydroxylation sites is 2. The van der Waals surface area contributed by atoms with Crippen LogP contribution in [0.25, 0.3) is 82.6 Å². The van der Waals surface area contributed by atoms with E-state index < -0.39 is 0 Å². The third kappa shape index (κ3) is 3.43. The second-order valence-corrected chi connectivity index (χ2v) is 13.1. The van der Waals surface area contributed by atoms with Gasteiger partial charge in [-0.15, -0.1) is 0 Å². The van der Waals surface area contributed by atoms with Crippen molar-refractivity contribution >= 4 is 54.3 Å². The number of hydrogen-bond acceptors (Lipinski definition) is 2. The van der Waals surface area contributed by atoms with Crippen LogP contribution in [0.1, 0.15) is 25.0 Å². The largest absolute Gasteiger partial charge is 0.278 e. The zero-order valence-electron chi connectivity index (χ0n) is 25.6. The van der Waals surface area contributed by atoms with E-state index in [4.69, 9.17) is 9.97 Å². The Labute approximate surface area is 266 Å². The Morgan fingerprint density at radius 1 is 0.457 bits per heavy atom. The molecule has 0 unspecified atom stereocenters. The van der Waals surface area contributed by atoms with E-state index in [1.54, 1.807) is 0 Å². The summed E-state index contributed by atoms with van der Waals surface area (Å²) in [5, 5.41) is 8.31. The van der Waals surface area contributed by atoms with E-state index in [9.17, 15) is 0 Å². The molecule has 3 heteroatoms. The number of benzene rings is 7. The average Bonchev–Trinajstić information content (AvgIpc) is 3.53. The van der Waals surface area contributed by atoms with Gasteiger partial charge in [-0.1, -0.05) is 117 Å². The van der Waals surface area contributed by atoms with E-state index >= 15 is 0 Å². The molecule has 2 heterocycles. The molecular formula is C43H29N3. The summed E-state index contributed by atoms with van der Waals surface area (Å²) >= 11 is 0. The molecule has 0 aliphatic heterocycles. The maximum atomic E-state index is 5.46. The molecule has 0 radical (unpaired) electrons. The Morgan fingerprint density at radius 3 is 2.04 bits per heavy atom. The molecule has 0 atom stereocenters. The molecule has 0 saturated heterocycles. The molecule has 0 saturated carbocycles. The lowest BCUT2D eigenvalue weighted by atomic mass is 9.81. The standard InChI is InChI=1S/C43H29N3/c1-43(2)36-19-8-5-15-29(36)34-25-33-28(23-37(34)43)14-11-18-31(33)41-32-17-6-9-20-38(32)44-42(45-41)46-39-21-10-7-16-30(39)35-22-26-12-3-4-13-27(26)24-40(35)46/h3-25H,1-2H3. The first-order valence-electron chi connectivity index (χ1n) is 15.9. The highest BCUT2D eigenvalue weighted by atomic mass is 15.2. The fraction of sp³-hybridized carbons (Fsp3) is 0.0698. The fourth-order valence-electron chi connectivity index (χ4n) is 7.92. The van der Waals surface area contributed by atoms with Gasteiger partial charge >= 0.3 is 0 Å². The third-order valence-electron chi connectivity index (χ3n) is 10.2. The number of fused-ring (bicyclic) bond motifs is 9. The normalized spacial score (nSPS) is 13.6. The Balaban J connectivity index is 1.29. The molecule has 1 aliphatic carbocycles. The fourth-order valence-corrected chi connectivity index (χ4v) is 7.92. The topological polar surface area (TPSA) is 30.7 Å². The minimum absolute atomic E-state index is 0.0500. The van der Waals surface area contributed by atoms with Crippen LogP contribution < -0.4 is 0 Å². The second-order valence-electron chi connectivity index (χ2n) is 13.1. The van der Waals surface area contributed by atoms with E-state index in [1.807, 2.05) is 0 Å². The van der Waals surface area contributed by atoms with E-state index in [0.29, 0.717) is 5.95 Å². The molecule has 9 aromatic rings. The predicted octanol–water partition coefficient (Wildman–Crippen LogP) is 11.0. The van der Waals surface area contributed by atoms with Crippen molar-refractivity contribution in [3.63, 3.8) is 0 Å². The van der Waals surface area contributed by atoms with Crippen LogP contribution in [0.15, 0.2) is 140 Å². The Hall–Kier alpha value is -5.80. The van der Waals surface area contributed by atoms with Gasteiger partial charge in [-0.2, -0.15) is 0 Å². The molecule has 0 fully saturated rings. The summed E-state index contributed by atoms with van der Waals surface area (Å²) in [5.74, 6) is 0.680. The predicted molar refractivity (Wildman–Crippen MR) is 192 cm³/mol. The Kier molecular flexibility index (Phi) is 5.06. The Morgan fingerprint density at radius 2 is 1.15 bits per heavy atom. The lowest BCUT2D eigenvalue weighted by molar-refractivity contribution is 0.661. The summed E-state index contributed by atoms with van der Waals surface area (Å²) in [4.78, 5) is 10.7.